The summed E-state index contributed by atoms with van der Waals surface area (Å²) < 4.78 is 14.5. The van der Waals surface area contributed by atoms with Gasteiger partial charge in [-0.2, -0.15) is 4.99 Å². The van der Waals surface area contributed by atoms with Gasteiger partial charge in [0.05, 0.1) is 12.1 Å². The molecule has 2 aromatic carbocycles. The van der Waals surface area contributed by atoms with Crippen LogP contribution in [-0.4, -0.2) is 17.0 Å². The fourth-order valence-electron chi connectivity index (χ4n) is 2.18. The Labute approximate surface area is 131 Å². The maximum Gasteiger partial charge on any atom is 0.283 e. The Bertz CT molecular complexity index is 865. The van der Waals surface area contributed by atoms with Gasteiger partial charge >= 0.3 is 0 Å². The molecule has 23 heavy (non-hydrogen) atoms. The molecule has 5 N–H and O–H groups in total. The van der Waals surface area contributed by atoms with E-state index in [0.29, 0.717) is 5.56 Å². The van der Waals surface area contributed by atoms with Crippen LogP contribution in [0.15, 0.2) is 35.3 Å². The summed E-state index contributed by atoms with van der Waals surface area (Å²) in [6.45, 7) is 8.78. The predicted molar refractivity (Wildman–Crippen MR) is 84.6 cm³/mol. The number of aliphatic imine (C=N–C) groups is 1. The van der Waals surface area contributed by atoms with Crippen molar-refractivity contribution in [2.45, 2.75) is 6.92 Å². The number of benzene rings is 2. The molecule has 116 valence electrons. The van der Waals surface area contributed by atoms with Crippen molar-refractivity contribution in [3.05, 3.63) is 58.7 Å². The van der Waals surface area contributed by atoms with Crippen molar-refractivity contribution in [1.82, 2.24) is 0 Å². The number of aromatic hydroxyl groups is 1. The summed E-state index contributed by atoms with van der Waals surface area (Å²) in [5.41, 5.74) is 10.4. The Morgan fingerprint density at radius 2 is 2.00 bits per heavy atom. The lowest BCUT2D eigenvalue weighted by Gasteiger charge is -2.13. The number of nitrogens with zero attached hydrogens (tertiary/aromatic N) is 2. The molecule has 7 heteroatoms. The number of carbonyl (C=O) groups excluding carboxylic acids is 1. The number of guanidine groups is 1. The van der Waals surface area contributed by atoms with Crippen LogP contribution in [0.5, 0.6) is 5.75 Å². The van der Waals surface area contributed by atoms with Crippen molar-refractivity contribution in [3.8, 4) is 16.9 Å². The second-order valence-corrected chi connectivity index (χ2v) is 4.74. The molecule has 0 radical (unpaired) electrons. The predicted octanol–water partition coefficient (Wildman–Crippen LogP) is 2.47. The molecule has 0 bridgehead atoms. The second-order valence-electron chi connectivity index (χ2n) is 4.74. The second kappa shape index (κ2) is 6.15. The zero-order chi connectivity index (χ0) is 17.1. The number of aryl methyl sites for hydroxylation is 1. The fraction of sp³-hybridized carbons (Fsp3) is 0.0625. The number of phenolic OH excluding ortho intramolecular Hbond substituents is 1. The van der Waals surface area contributed by atoms with Crippen molar-refractivity contribution in [2.24, 2.45) is 16.5 Å². The van der Waals surface area contributed by atoms with Gasteiger partial charge in [-0.1, -0.05) is 24.3 Å². The topological polar surface area (TPSA) is 106 Å². The minimum absolute atomic E-state index is 0.00134. The monoisotopic (exact) mass is 312 g/mol. The first-order valence-electron chi connectivity index (χ1n) is 6.49. The number of halogens is 1. The molecule has 0 fully saturated rings. The lowest BCUT2D eigenvalue weighted by Crippen LogP contribution is -2.24. The Morgan fingerprint density at radius 1 is 1.30 bits per heavy atom. The van der Waals surface area contributed by atoms with E-state index in [4.69, 9.17) is 18.0 Å². The molecule has 6 nitrogen and oxygen atoms in total. The average Bonchev–Trinajstić information content (AvgIpc) is 2.49. The number of hydrogen-bond acceptors (Lipinski definition) is 2. The van der Waals surface area contributed by atoms with Crippen molar-refractivity contribution in [2.75, 3.05) is 0 Å². The zero-order valence-electron chi connectivity index (χ0n) is 12.2. The number of carbonyl (C=O) groups is 1. The van der Waals surface area contributed by atoms with E-state index >= 15 is 0 Å². The minimum Gasteiger partial charge on any atom is -0.507 e. The van der Waals surface area contributed by atoms with E-state index in [-0.39, 0.29) is 22.4 Å². The normalized spacial score (nSPS) is 9.96. The van der Waals surface area contributed by atoms with Gasteiger partial charge in [0.1, 0.15) is 11.6 Å². The molecule has 0 saturated heterocycles. The summed E-state index contributed by atoms with van der Waals surface area (Å²) in [5.74, 6) is -2.49. The molecule has 0 spiro atoms. The van der Waals surface area contributed by atoms with Gasteiger partial charge in [0, 0.05) is 11.1 Å². The van der Waals surface area contributed by atoms with Crippen LogP contribution in [0.25, 0.3) is 16.0 Å². The third-order valence-corrected chi connectivity index (χ3v) is 3.19. The molecule has 0 aliphatic heterocycles. The summed E-state index contributed by atoms with van der Waals surface area (Å²) in [4.78, 5) is 18.9. The number of amides is 1. The molecule has 0 unspecified atom stereocenters. The molecular weight excluding hydrogens is 299 g/mol. The van der Waals surface area contributed by atoms with Crippen LogP contribution in [0.3, 0.4) is 0 Å². The SMILES string of the molecule is [C-]#[N+]c1ccc(O)c(C(=O)N=C(N)N)c1-c1cccc(C)c1F. The van der Waals surface area contributed by atoms with Gasteiger partial charge < -0.3 is 16.6 Å². The van der Waals surface area contributed by atoms with E-state index in [2.05, 4.69) is 9.84 Å². The highest BCUT2D eigenvalue weighted by atomic mass is 19.1. The summed E-state index contributed by atoms with van der Waals surface area (Å²) in [7, 11) is 0. The van der Waals surface area contributed by atoms with Crippen LogP contribution in [0, 0.1) is 19.3 Å². The van der Waals surface area contributed by atoms with E-state index in [1.165, 1.54) is 18.2 Å². The van der Waals surface area contributed by atoms with Crippen molar-refractivity contribution in [1.29, 1.82) is 0 Å². The van der Waals surface area contributed by atoms with Crippen LogP contribution < -0.4 is 11.5 Å². The zero-order valence-corrected chi connectivity index (χ0v) is 12.2. The lowest BCUT2D eigenvalue weighted by molar-refractivity contribution is 0.100. The summed E-state index contributed by atoms with van der Waals surface area (Å²) >= 11 is 0. The van der Waals surface area contributed by atoms with E-state index in [1.807, 2.05) is 0 Å². The Balaban J connectivity index is 2.88. The molecule has 0 aliphatic carbocycles. The van der Waals surface area contributed by atoms with Gasteiger partial charge in [-0.15, -0.1) is 0 Å². The van der Waals surface area contributed by atoms with E-state index in [1.54, 1.807) is 19.1 Å². The highest BCUT2D eigenvalue weighted by molar-refractivity contribution is 6.10. The van der Waals surface area contributed by atoms with E-state index < -0.39 is 23.4 Å². The first-order valence-corrected chi connectivity index (χ1v) is 6.49. The number of nitrogens with two attached hydrogens (primary N) is 2. The number of phenols is 1. The third-order valence-electron chi connectivity index (χ3n) is 3.19. The van der Waals surface area contributed by atoms with Gasteiger partial charge in [-0.3, -0.25) is 4.79 Å². The Kier molecular flexibility index (Phi) is 4.27. The van der Waals surface area contributed by atoms with Crippen LogP contribution in [0.1, 0.15) is 15.9 Å². The first kappa shape index (κ1) is 16.0. The molecule has 0 saturated carbocycles. The van der Waals surface area contributed by atoms with Gasteiger partial charge in [0.25, 0.3) is 5.91 Å². The van der Waals surface area contributed by atoms with Crippen LogP contribution >= 0.6 is 0 Å². The van der Waals surface area contributed by atoms with Gasteiger partial charge in [-0.05, 0) is 18.6 Å². The molecule has 0 aliphatic rings. The molecule has 0 atom stereocenters. The summed E-state index contributed by atoms with van der Waals surface area (Å²) in [5, 5.41) is 10.0. The molecule has 0 heterocycles. The van der Waals surface area contributed by atoms with E-state index in [9.17, 15) is 14.3 Å². The standard InChI is InChI=1S/C16H13FN4O2/c1-8-4-3-5-9(14(8)17)12-10(20-2)6-7-11(22)13(12)15(23)21-16(18)19/h3-7,22H,1H3,(H4,18,19,21,23). The lowest BCUT2D eigenvalue weighted by atomic mass is 9.94. The highest BCUT2D eigenvalue weighted by Crippen LogP contribution is 2.40. The van der Waals surface area contributed by atoms with Crippen LogP contribution in [0.2, 0.25) is 0 Å². The minimum atomic E-state index is -0.955. The smallest absolute Gasteiger partial charge is 0.283 e. The molecule has 1 amide bonds. The van der Waals surface area contributed by atoms with Gasteiger partial charge in [0.2, 0.25) is 0 Å². The third kappa shape index (κ3) is 2.96. The first-order chi connectivity index (χ1) is 10.9. The molecule has 2 aromatic rings. The Hall–Kier alpha value is -3.40. The van der Waals surface area contributed by atoms with E-state index in [0.717, 1.165) is 0 Å². The molecular formula is C16H13FN4O2. The van der Waals surface area contributed by atoms with Crippen molar-refractivity contribution in [3.63, 3.8) is 0 Å². The maximum atomic E-state index is 14.5. The van der Waals surface area contributed by atoms with Crippen LogP contribution in [-0.2, 0) is 0 Å². The number of rotatable bonds is 2. The van der Waals surface area contributed by atoms with Crippen LogP contribution in [0.4, 0.5) is 10.1 Å². The maximum absolute atomic E-state index is 14.5. The highest BCUT2D eigenvalue weighted by Gasteiger charge is 2.23. The van der Waals surface area contributed by atoms with Crippen molar-refractivity contribution < 1.29 is 14.3 Å². The number of hydrogen-bond donors (Lipinski definition) is 3. The molecule has 0 aromatic heterocycles. The summed E-state index contributed by atoms with van der Waals surface area (Å²) in [6.07, 6.45) is 0. The Morgan fingerprint density at radius 3 is 2.61 bits per heavy atom. The quantitative estimate of drug-likeness (QED) is 0.450. The fourth-order valence-corrected chi connectivity index (χ4v) is 2.18. The van der Waals surface area contributed by atoms with Crippen molar-refractivity contribution >= 4 is 17.6 Å². The largest absolute Gasteiger partial charge is 0.507 e. The summed E-state index contributed by atoms with van der Waals surface area (Å²) in [6, 6.07) is 7.01. The van der Waals surface area contributed by atoms with Gasteiger partial charge in [0.15, 0.2) is 11.6 Å². The average molecular weight is 312 g/mol. The van der Waals surface area contributed by atoms with Gasteiger partial charge in [-0.25, -0.2) is 9.24 Å². The molecule has 2 rings (SSSR count).